The van der Waals surface area contributed by atoms with Crippen molar-refractivity contribution in [1.29, 1.82) is 0 Å². The van der Waals surface area contributed by atoms with E-state index < -0.39 is 12.6 Å². The minimum atomic E-state index is -2.85. The summed E-state index contributed by atoms with van der Waals surface area (Å²) < 4.78 is 28.1. The van der Waals surface area contributed by atoms with Gasteiger partial charge in [0.15, 0.2) is 0 Å². The third kappa shape index (κ3) is 4.36. The number of hydrogen-bond donors (Lipinski definition) is 2. The van der Waals surface area contributed by atoms with Crippen molar-refractivity contribution in [1.82, 2.24) is 5.43 Å². The first-order valence-electron chi connectivity index (χ1n) is 5.20. The molecule has 0 saturated carbocycles. The van der Waals surface area contributed by atoms with E-state index in [1.165, 1.54) is 12.1 Å². The predicted molar refractivity (Wildman–Crippen MR) is 62.6 cm³/mol. The summed E-state index contributed by atoms with van der Waals surface area (Å²) in [5.41, 5.74) is 8.28. The lowest BCUT2D eigenvalue weighted by Crippen LogP contribution is -2.25. The number of urea groups is 1. The van der Waals surface area contributed by atoms with Crippen LogP contribution in [0.1, 0.15) is 18.9 Å². The van der Waals surface area contributed by atoms with Crippen LogP contribution in [0.3, 0.4) is 0 Å². The van der Waals surface area contributed by atoms with Gasteiger partial charge in [0.1, 0.15) is 5.75 Å². The molecule has 0 fully saturated rings. The van der Waals surface area contributed by atoms with Crippen LogP contribution in [0, 0.1) is 0 Å². The molecule has 0 saturated heterocycles. The molecule has 3 N–H and O–H groups in total. The molecule has 18 heavy (non-hydrogen) atoms. The Labute approximate surface area is 103 Å². The first-order chi connectivity index (χ1) is 8.52. The molecule has 0 radical (unpaired) electrons. The van der Waals surface area contributed by atoms with Crippen molar-refractivity contribution in [2.24, 2.45) is 10.8 Å². The SMILES string of the molecule is CCC(=NNC(N)=O)c1ccc(OC(F)F)cc1. The summed E-state index contributed by atoms with van der Waals surface area (Å²) in [4.78, 5) is 10.5. The summed E-state index contributed by atoms with van der Waals surface area (Å²) >= 11 is 0. The average molecular weight is 257 g/mol. The Bertz CT molecular complexity index is 432. The molecule has 1 aromatic rings. The van der Waals surface area contributed by atoms with Crippen LogP contribution in [0.15, 0.2) is 29.4 Å². The van der Waals surface area contributed by atoms with Gasteiger partial charge < -0.3 is 10.5 Å². The molecule has 0 heterocycles. The number of ether oxygens (including phenoxy) is 1. The third-order valence-corrected chi connectivity index (χ3v) is 2.05. The number of primary amides is 1. The number of amides is 2. The molecule has 0 unspecified atom stereocenters. The van der Waals surface area contributed by atoms with Crippen molar-refractivity contribution in [2.45, 2.75) is 20.0 Å². The van der Waals surface area contributed by atoms with Crippen LogP contribution < -0.4 is 15.9 Å². The highest BCUT2D eigenvalue weighted by Crippen LogP contribution is 2.16. The minimum Gasteiger partial charge on any atom is -0.435 e. The number of alkyl halides is 2. The Hall–Kier alpha value is -2.18. The van der Waals surface area contributed by atoms with Crippen LogP contribution in [0.5, 0.6) is 5.75 Å². The van der Waals surface area contributed by atoms with Crippen LogP contribution in [-0.2, 0) is 0 Å². The minimum absolute atomic E-state index is 0.0621. The zero-order valence-electron chi connectivity index (χ0n) is 9.69. The maximum Gasteiger partial charge on any atom is 0.387 e. The van der Waals surface area contributed by atoms with Crippen molar-refractivity contribution in [3.63, 3.8) is 0 Å². The molecule has 5 nitrogen and oxygen atoms in total. The van der Waals surface area contributed by atoms with Gasteiger partial charge in [-0.3, -0.25) is 0 Å². The highest BCUT2D eigenvalue weighted by molar-refractivity contribution is 6.00. The highest BCUT2D eigenvalue weighted by atomic mass is 19.3. The van der Waals surface area contributed by atoms with Crippen molar-refractivity contribution in [3.8, 4) is 5.75 Å². The summed E-state index contributed by atoms with van der Waals surface area (Å²) in [5.74, 6) is 0.0621. The zero-order chi connectivity index (χ0) is 13.5. The molecular weight excluding hydrogens is 244 g/mol. The van der Waals surface area contributed by atoms with Gasteiger partial charge in [0.05, 0.1) is 5.71 Å². The number of nitrogens with two attached hydrogens (primary N) is 1. The predicted octanol–water partition coefficient (Wildman–Crippen LogP) is 2.07. The Balaban J connectivity index is 2.81. The van der Waals surface area contributed by atoms with Gasteiger partial charge in [0, 0.05) is 0 Å². The molecule has 0 bridgehead atoms. The number of nitrogens with one attached hydrogen (secondary N) is 1. The van der Waals surface area contributed by atoms with Crippen molar-refractivity contribution in [3.05, 3.63) is 29.8 Å². The largest absolute Gasteiger partial charge is 0.435 e. The normalized spacial score (nSPS) is 11.4. The topological polar surface area (TPSA) is 76.7 Å². The van der Waals surface area contributed by atoms with E-state index in [0.29, 0.717) is 17.7 Å². The summed E-state index contributed by atoms with van der Waals surface area (Å²) in [6.07, 6.45) is 0.551. The number of carbonyl (C=O) groups is 1. The lowest BCUT2D eigenvalue weighted by molar-refractivity contribution is -0.0498. The van der Waals surface area contributed by atoms with Crippen LogP contribution in [0.4, 0.5) is 13.6 Å². The second-order valence-electron chi connectivity index (χ2n) is 3.29. The standard InChI is InChI=1S/C11H13F2N3O2/c1-2-9(15-16-11(14)17)7-3-5-8(6-4-7)18-10(12)13/h3-6,10H,2H2,1H3,(H3,14,16,17). The van der Waals surface area contributed by atoms with E-state index in [-0.39, 0.29) is 5.75 Å². The van der Waals surface area contributed by atoms with E-state index >= 15 is 0 Å². The molecule has 0 aromatic heterocycles. The molecule has 1 aromatic carbocycles. The molecular formula is C11H13F2N3O2. The molecule has 0 aliphatic rings. The summed E-state index contributed by atoms with van der Waals surface area (Å²) in [5, 5.41) is 3.81. The first-order valence-corrected chi connectivity index (χ1v) is 5.20. The molecule has 0 aliphatic heterocycles. The molecule has 7 heteroatoms. The third-order valence-electron chi connectivity index (χ3n) is 2.05. The fourth-order valence-corrected chi connectivity index (χ4v) is 1.30. The fourth-order valence-electron chi connectivity index (χ4n) is 1.30. The van der Waals surface area contributed by atoms with E-state index in [2.05, 4.69) is 15.3 Å². The molecule has 2 amide bonds. The number of rotatable bonds is 5. The first kappa shape index (κ1) is 13.9. The molecule has 1 rings (SSSR count). The smallest absolute Gasteiger partial charge is 0.387 e. The van der Waals surface area contributed by atoms with Crippen LogP contribution >= 0.6 is 0 Å². The van der Waals surface area contributed by atoms with E-state index in [4.69, 9.17) is 5.73 Å². The number of carbonyl (C=O) groups excluding carboxylic acids is 1. The second-order valence-corrected chi connectivity index (χ2v) is 3.29. The monoisotopic (exact) mass is 257 g/mol. The number of hydrogen-bond acceptors (Lipinski definition) is 3. The van der Waals surface area contributed by atoms with Crippen molar-refractivity contribution >= 4 is 11.7 Å². The lowest BCUT2D eigenvalue weighted by atomic mass is 10.1. The zero-order valence-corrected chi connectivity index (χ0v) is 9.69. The Morgan fingerprint density at radius 3 is 2.50 bits per heavy atom. The van der Waals surface area contributed by atoms with E-state index in [1.54, 1.807) is 12.1 Å². The summed E-state index contributed by atoms with van der Waals surface area (Å²) in [7, 11) is 0. The number of nitrogens with zero attached hydrogens (tertiary/aromatic N) is 1. The summed E-state index contributed by atoms with van der Waals surface area (Å²) in [6.45, 7) is -1.02. The second kappa shape index (κ2) is 6.53. The Morgan fingerprint density at radius 2 is 2.06 bits per heavy atom. The Morgan fingerprint density at radius 1 is 1.44 bits per heavy atom. The molecule has 98 valence electrons. The van der Waals surface area contributed by atoms with Gasteiger partial charge in [-0.1, -0.05) is 6.92 Å². The maximum atomic E-state index is 11.9. The van der Waals surface area contributed by atoms with E-state index in [9.17, 15) is 13.6 Å². The van der Waals surface area contributed by atoms with E-state index in [0.717, 1.165) is 0 Å². The lowest BCUT2D eigenvalue weighted by Gasteiger charge is -2.07. The number of halogens is 2. The van der Waals surface area contributed by atoms with Gasteiger partial charge >= 0.3 is 12.6 Å². The van der Waals surface area contributed by atoms with Crippen LogP contribution in [0.2, 0.25) is 0 Å². The number of benzene rings is 1. The van der Waals surface area contributed by atoms with Gasteiger partial charge in [-0.15, -0.1) is 0 Å². The molecule has 0 aliphatic carbocycles. The highest BCUT2D eigenvalue weighted by Gasteiger charge is 2.06. The fraction of sp³-hybridized carbons (Fsp3) is 0.273. The van der Waals surface area contributed by atoms with E-state index in [1.807, 2.05) is 6.92 Å². The molecule has 0 atom stereocenters. The van der Waals surface area contributed by atoms with Crippen molar-refractivity contribution < 1.29 is 18.3 Å². The van der Waals surface area contributed by atoms with Crippen molar-refractivity contribution in [2.75, 3.05) is 0 Å². The van der Waals surface area contributed by atoms with Gasteiger partial charge in [-0.05, 0) is 36.2 Å². The summed E-state index contributed by atoms with van der Waals surface area (Å²) in [6, 6.07) is 5.18. The van der Waals surface area contributed by atoms with Gasteiger partial charge in [-0.2, -0.15) is 13.9 Å². The van der Waals surface area contributed by atoms with Crippen LogP contribution in [-0.4, -0.2) is 18.4 Å². The molecule has 0 spiro atoms. The quantitative estimate of drug-likeness (QED) is 0.625. The van der Waals surface area contributed by atoms with Gasteiger partial charge in [0.2, 0.25) is 0 Å². The maximum absolute atomic E-state index is 11.9. The number of hydrazone groups is 1. The van der Waals surface area contributed by atoms with Gasteiger partial charge in [-0.25, -0.2) is 10.2 Å². The van der Waals surface area contributed by atoms with Crippen LogP contribution in [0.25, 0.3) is 0 Å². The Kier molecular flexibility index (Phi) is 5.04. The average Bonchev–Trinajstić information content (AvgIpc) is 2.31. The van der Waals surface area contributed by atoms with Gasteiger partial charge in [0.25, 0.3) is 0 Å².